The number of para-hydroxylation sites is 2. The number of nitro benzene ring substituents is 1. The Morgan fingerprint density at radius 1 is 1.00 bits per heavy atom. The number of aromatic nitrogens is 2. The molecule has 0 aliphatic heterocycles. The van der Waals surface area contributed by atoms with Crippen molar-refractivity contribution >= 4 is 16.7 Å². The zero-order valence-electron chi connectivity index (χ0n) is 14.9. The second kappa shape index (κ2) is 7.03. The van der Waals surface area contributed by atoms with E-state index in [9.17, 15) is 10.1 Å². The molecule has 1 unspecified atom stereocenters. The van der Waals surface area contributed by atoms with Gasteiger partial charge >= 0.3 is 0 Å². The van der Waals surface area contributed by atoms with Gasteiger partial charge in [0.2, 0.25) is 0 Å². The second-order valence-electron chi connectivity index (χ2n) is 6.47. The fraction of sp³-hybridized carbons (Fsp3) is 0.136. The fourth-order valence-electron chi connectivity index (χ4n) is 3.62. The summed E-state index contributed by atoms with van der Waals surface area (Å²) >= 11 is 0. The van der Waals surface area contributed by atoms with Gasteiger partial charge in [0.15, 0.2) is 0 Å². The van der Waals surface area contributed by atoms with E-state index < -0.39 is 0 Å². The minimum absolute atomic E-state index is 0.0493. The maximum Gasteiger partial charge on any atom is 0.280 e. The number of nitro groups is 1. The van der Waals surface area contributed by atoms with E-state index in [-0.39, 0.29) is 16.5 Å². The molecule has 0 radical (unpaired) electrons. The van der Waals surface area contributed by atoms with Crippen molar-refractivity contribution in [3.63, 3.8) is 0 Å². The first-order valence-electron chi connectivity index (χ1n) is 8.96. The van der Waals surface area contributed by atoms with E-state index in [0.717, 1.165) is 23.0 Å². The molecular formula is C22H19N3O2. The van der Waals surface area contributed by atoms with E-state index in [0.29, 0.717) is 11.4 Å². The average molecular weight is 357 g/mol. The van der Waals surface area contributed by atoms with Gasteiger partial charge in [0.05, 0.1) is 21.5 Å². The van der Waals surface area contributed by atoms with Crippen LogP contribution in [0.2, 0.25) is 0 Å². The van der Waals surface area contributed by atoms with E-state index in [2.05, 4.69) is 30.1 Å². The molecule has 27 heavy (non-hydrogen) atoms. The zero-order chi connectivity index (χ0) is 18.8. The number of imidazole rings is 1. The van der Waals surface area contributed by atoms with E-state index in [1.807, 2.05) is 30.3 Å². The van der Waals surface area contributed by atoms with Gasteiger partial charge in [0, 0.05) is 12.0 Å². The van der Waals surface area contributed by atoms with Gasteiger partial charge < -0.3 is 4.98 Å². The lowest BCUT2D eigenvalue weighted by Crippen LogP contribution is -2.00. The number of benzene rings is 3. The molecule has 0 fully saturated rings. The second-order valence-corrected chi connectivity index (χ2v) is 6.47. The SMILES string of the molecule is CCC(c1ccccc1)c1cccc2[nH]c(-c3ccccc3[N+](=O)[O-])nc12. The Morgan fingerprint density at radius 2 is 1.74 bits per heavy atom. The number of fused-ring (bicyclic) bond motifs is 1. The molecule has 0 bridgehead atoms. The molecule has 134 valence electrons. The van der Waals surface area contributed by atoms with Crippen molar-refractivity contribution in [1.82, 2.24) is 9.97 Å². The van der Waals surface area contributed by atoms with E-state index in [4.69, 9.17) is 4.98 Å². The predicted octanol–water partition coefficient (Wildman–Crippen LogP) is 5.68. The molecule has 0 saturated heterocycles. The predicted molar refractivity (Wildman–Crippen MR) is 107 cm³/mol. The fourth-order valence-corrected chi connectivity index (χ4v) is 3.62. The summed E-state index contributed by atoms with van der Waals surface area (Å²) in [6.07, 6.45) is 0.941. The summed E-state index contributed by atoms with van der Waals surface area (Å²) in [7, 11) is 0. The summed E-state index contributed by atoms with van der Waals surface area (Å²) in [5.41, 5.74) is 4.66. The molecule has 3 aromatic carbocycles. The average Bonchev–Trinajstić information content (AvgIpc) is 3.14. The maximum absolute atomic E-state index is 11.4. The van der Waals surface area contributed by atoms with Crippen LogP contribution in [-0.4, -0.2) is 14.9 Å². The van der Waals surface area contributed by atoms with Gasteiger partial charge in [0.1, 0.15) is 5.82 Å². The van der Waals surface area contributed by atoms with Crippen LogP contribution in [0.15, 0.2) is 72.8 Å². The third-order valence-corrected chi connectivity index (χ3v) is 4.89. The van der Waals surface area contributed by atoms with Crippen LogP contribution in [0.3, 0.4) is 0 Å². The Labute approximate surface area is 156 Å². The minimum Gasteiger partial charge on any atom is -0.338 e. The Balaban J connectivity index is 1.88. The Kier molecular flexibility index (Phi) is 4.42. The molecule has 4 rings (SSSR count). The summed E-state index contributed by atoms with van der Waals surface area (Å²) in [4.78, 5) is 19.0. The first kappa shape index (κ1) is 17.0. The van der Waals surface area contributed by atoms with E-state index >= 15 is 0 Å². The Bertz CT molecular complexity index is 1100. The van der Waals surface area contributed by atoms with Crippen molar-refractivity contribution in [2.45, 2.75) is 19.3 Å². The smallest absolute Gasteiger partial charge is 0.280 e. The topological polar surface area (TPSA) is 71.8 Å². The third-order valence-electron chi connectivity index (χ3n) is 4.89. The zero-order valence-corrected chi connectivity index (χ0v) is 14.9. The van der Waals surface area contributed by atoms with E-state index in [1.165, 1.54) is 11.6 Å². The molecule has 1 N–H and O–H groups in total. The third kappa shape index (κ3) is 3.08. The van der Waals surface area contributed by atoms with Crippen LogP contribution in [-0.2, 0) is 0 Å². The van der Waals surface area contributed by atoms with Gasteiger partial charge in [-0.05, 0) is 29.7 Å². The summed E-state index contributed by atoms with van der Waals surface area (Å²) in [5.74, 6) is 0.740. The van der Waals surface area contributed by atoms with Gasteiger partial charge in [-0.15, -0.1) is 0 Å². The molecule has 5 nitrogen and oxygen atoms in total. The summed E-state index contributed by atoms with van der Waals surface area (Å²) in [5, 5.41) is 11.4. The van der Waals surface area contributed by atoms with Gasteiger partial charge in [0.25, 0.3) is 5.69 Å². The molecule has 5 heteroatoms. The first-order chi connectivity index (χ1) is 13.2. The Hall–Kier alpha value is -3.47. The molecule has 4 aromatic rings. The lowest BCUT2D eigenvalue weighted by atomic mass is 9.88. The monoisotopic (exact) mass is 357 g/mol. The molecule has 1 atom stereocenters. The van der Waals surface area contributed by atoms with Gasteiger partial charge in [-0.3, -0.25) is 10.1 Å². The number of hydrogen-bond acceptors (Lipinski definition) is 3. The Morgan fingerprint density at radius 3 is 2.48 bits per heavy atom. The van der Waals surface area contributed by atoms with Crippen LogP contribution >= 0.6 is 0 Å². The highest BCUT2D eigenvalue weighted by molar-refractivity contribution is 5.84. The van der Waals surface area contributed by atoms with Crippen molar-refractivity contribution in [1.29, 1.82) is 0 Å². The number of aromatic amines is 1. The normalized spacial score (nSPS) is 12.2. The number of hydrogen-bond donors (Lipinski definition) is 1. The lowest BCUT2D eigenvalue weighted by Gasteiger charge is -2.16. The van der Waals surface area contributed by atoms with Crippen LogP contribution in [0.1, 0.15) is 30.4 Å². The largest absolute Gasteiger partial charge is 0.338 e. The van der Waals surface area contributed by atoms with Crippen LogP contribution in [0, 0.1) is 10.1 Å². The van der Waals surface area contributed by atoms with Crippen LogP contribution in [0.25, 0.3) is 22.4 Å². The molecule has 1 aromatic heterocycles. The van der Waals surface area contributed by atoms with Gasteiger partial charge in [-0.1, -0.05) is 61.5 Å². The number of nitrogens with one attached hydrogen (secondary N) is 1. The number of H-pyrrole nitrogens is 1. The molecule has 0 spiro atoms. The van der Waals surface area contributed by atoms with Crippen molar-refractivity contribution in [2.75, 3.05) is 0 Å². The van der Waals surface area contributed by atoms with Gasteiger partial charge in [-0.25, -0.2) is 4.98 Å². The minimum atomic E-state index is -0.373. The van der Waals surface area contributed by atoms with Crippen LogP contribution in [0.5, 0.6) is 0 Å². The lowest BCUT2D eigenvalue weighted by molar-refractivity contribution is -0.384. The molecule has 1 heterocycles. The summed E-state index contributed by atoms with van der Waals surface area (Å²) in [6, 6.07) is 23.1. The highest BCUT2D eigenvalue weighted by Crippen LogP contribution is 2.35. The number of rotatable bonds is 5. The van der Waals surface area contributed by atoms with Crippen molar-refractivity contribution in [3.05, 3.63) is 94.0 Å². The summed E-state index contributed by atoms with van der Waals surface area (Å²) < 4.78 is 0. The standard InChI is InChI=1S/C22H19N3O2/c1-2-16(15-9-4-3-5-10-15)17-12-8-13-19-21(17)24-22(23-19)18-11-6-7-14-20(18)25(26)27/h3-14,16H,2H2,1H3,(H,23,24). The molecular weight excluding hydrogens is 338 g/mol. The summed E-state index contributed by atoms with van der Waals surface area (Å²) in [6.45, 7) is 2.16. The highest BCUT2D eigenvalue weighted by atomic mass is 16.6. The molecule has 0 saturated carbocycles. The highest BCUT2D eigenvalue weighted by Gasteiger charge is 2.20. The quantitative estimate of drug-likeness (QED) is 0.369. The molecule has 0 aliphatic rings. The van der Waals surface area contributed by atoms with Crippen LogP contribution in [0.4, 0.5) is 5.69 Å². The first-order valence-corrected chi connectivity index (χ1v) is 8.96. The number of nitrogens with zero attached hydrogens (tertiary/aromatic N) is 2. The van der Waals surface area contributed by atoms with Crippen molar-refractivity contribution in [3.8, 4) is 11.4 Å². The van der Waals surface area contributed by atoms with E-state index in [1.54, 1.807) is 18.2 Å². The van der Waals surface area contributed by atoms with Crippen molar-refractivity contribution in [2.24, 2.45) is 0 Å². The van der Waals surface area contributed by atoms with Crippen LogP contribution < -0.4 is 0 Å². The van der Waals surface area contributed by atoms with Crippen molar-refractivity contribution < 1.29 is 4.92 Å². The molecule has 0 aliphatic carbocycles. The maximum atomic E-state index is 11.4. The molecule has 0 amide bonds. The van der Waals surface area contributed by atoms with Gasteiger partial charge in [-0.2, -0.15) is 0 Å².